The molecule has 2 aliphatic heterocycles. The van der Waals surface area contributed by atoms with Crippen molar-refractivity contribution in [3.05, 3.63) is 48.0 Å². The lowest BCUT2D eigenvalue weighted by Gasteiger charge is -2.38. The van der Waals surface area contributed by atoms with Gasteiger partial charge < -0.3 is 19.2 Å². The zero-order valence-corrected chi connectivity index (χ0v) is 22.4. The van der Waals surface area contributed by atoms with Crippen molar-refractivity contribution in [2.75, 3.05) is 10.8 Å². The Morgan fingerprint density at radius 2 is 1.76 bits per heavy atom. The van der Waals surface area contributed by atoms with Gasteiger partial charge in [-0.15, -0.1) is 0 Å². The number of ether oxygens (including phenoxy) is 1. The van der Waals surface area contributed by atoms with Gasteiger partial charge in [0.05, 0.1) is 40.3 Å². The molecule has 8 nitrogen and oxygen atoms in total. The maximum Gasteiger partial charge on any atom is 0.494 e. The predicted octanol–water partition coefficient (Wildman–Crippen LogP) is 4.07. The van der Waals surface area contributed by atoms with Crippen LogP contribution in [0.1, 0.15) is 46.6 Å². The largest absolute Gasteiger partial charge is 0.494 e. The fourth-order valence-electron chi connectivity index (χ4n) is 4.31. The minimum absolute atomic E-state index is 0.0911. The van der Waals surface area contributed by atoms with Crippen molar-refractivity contribution in [1.82, 2.24) is 0 Å². The lowest BCUT2D eigenvalue weighted by Crippen LogP contribution is -2.47. The van der Waals surface area contributed by atoms with Gasteiger partial charge in [0.15, 0.2) is 0 Å². The molecule has 38 heavy (non-hydrogen) atoms. The third-order valence-corrected chi connectivity index (χ3v) is 9.06. The molecule has 0 radical (unpaired) electrons. The zero-order chi connectivity index (χ0) is 28.3. The Kier molecular flexibility index (Phi) is 7.03. The summed E-state index contributed by atoms with van der Waals surface area (Å²) in [5, 5.41) is 9.24. The molecule has 13 heteroatoms. The van der Waals surface area contributed by atoms with Crippen LogP contribution in [-0.2, 0) is 30.3 Å². The van der Waals surface area contributed by atoms with Gasteiger partial charge in [-0.25, -0.2) is 8.42 Å². The number of rotatable bonds is 6. The molecule has 2 atom stereocenters. The highest BCUT2D eigenvalue weighted by Gasteiger charge is 2.52. The first-order valence-corrected chi connectivity index (χ1v) is 13.4. The molecule has 1 saturated heterocycles. The summed E-state index contributed by atoms with van der Waals surface area (Å²) in [6.45, 7) is 8.78. The van der Waals surface area contributed by atoms with E-state index in [1.807, 2.05) is 27.7 Å². The summed E-state index contributed by atoms with van der Waals surface area (Å²) in [6.07, 6.45) is -5.89. The van der Waals surface area contributed by atoms with Crippen LogP contribution in [0.4, 0.5) is 18.9 Å². The van der Waals surface area contributed by atoms with Crippen molar-refractivity contribution >= 4 is 34.3 Å². The summed E-state index contributed by atoms with van der Waals surface area (Å²) in [4.78, 5) is 10.8. The molecule has 2 aliphatic rings. The molecule has 1 fully saturated rings. The van der Waals surface area contributed by atoms with E-state index < -0.39 is 63.0 Å². The highest BCUT2D eigenvalue weighted by atomic mass is 32.2. The second-order valence-electron chi connectivity index (χ2n) is 10.6. The van der Waals surface area contributed by atoms with Crippen molar-refractivity contribution < 1.29 is 45.5 Å². The van der Waals surface area contributed by atoms with Crippen LogP contribution >= 0.6 is 0 Å². The lowest BCUT2D eigenvalue weighted by atomic mass is 9.78. The number of carbonyl (C=O) groups is 1. The van der Waals surface area contributed by atoms with E-state index in [1.54, 1.807) is 13.0 Å². The van der Waals surface area contributed by atoms with Crippen LogP contribution in [0.15, 0.2) is 47.4 Å². The van der Waals surface area contributed by atoms with Crippen LogP contribution in [0.5, 0.6) is 5.75 Å². The van der Waals surface area contributed by atoms with Crippen molar-refractivity contribution in [1.29, 1.82) is 0 Å². The molecule has 1 N–H and O–H groups in total. The number of hydrogen-bond acceptors (Lipinski definition) is 6. The quantitative estimate of drug-likeness (QED) is 0.537. The topological polar surface area (TPSA) is 102 Å². The number of carboxylic acid groups (broad SMARTS) is 1. The number of anilines is 1. The SMILES string of the molecule is CC(CC(=O)O)C1CN(S(=O)(=O)c2cccc(C(F)(F)F)c2)c2cc(B3OC(C)(C)C(C)(C)O3)ccc2O1. The molecule has 0 bridgehead atoms. The maximum atomic E-state index is 13.8. The number of carboxylic acids is 1. The first-order chi connectivity index (χ1) is 17.4. The van der Waals surface area contributed by atoms with Crippen molar-refractivity contribution in [2.45, 2.75) is 69.4 Å². The van der Waals surface area contributed by atoms with E-state index in [4.69, 9.17) is 14.0 Å². The monoisotopic (exact) mass is 555 g/mol. The third-order valence-electron chi connectivity index (χ3n) is 7.28. The minimum atomic E-state index is -4.74. The maximum absolute atomic E-state index is 13.8. The minimum Gasteiger partial charge on any atom is -0.486 e. The summed E-state index contributed by atoms with van der Waals surface area (Å²) < 4.78 is 86.8. The van der Waals surface area contributed by atoms with Gasteiger partial charge in [0.25, 0.3) is 10.0 Å². The molecule has 4 rings (SSSR count). The van der Waals surface area contributed by atoms with Gasteiger partial charge in [0, 0.05) is 5.92 Å². The molecule has 206 valence electrons. The summed E-state index contributed by atoms with van der Waals surface area (Å²) >= 11 is 0. The normalized spacial score (nSPS) is 21.5. The molecule has 0 aromatic heterocycles. The van der Waals surface area contributed by atoms with Crippen molar-refractivity contribution in [3.8, 4) is 5.75 Å². The Morgan fingerprint density at radius 3 is 2.34 bits per heavy atom. The number of aliphatic carboxylic acids is 1. The summed E-state index contributed by atoms with van der Waals surface area (Å²) in [5.41, 5.74) is -1.84. The zero-order valence-electron chi connectivity index (χ0n) is 21.6. The molecule has 0 aliphatic carbocycles. The number of benzene rings is 2. The van der Waals surface area contributed by atoms with Crippen LogP contribution in [0.25, 0.3) is 0 Å². The molecular formula is C25H29BF3NO7S. The van der Waals surface area contributed by atoms with Gasteiger partial charge in [0.1, 0.15) is 11.9 Å². The number of nitrogens with zero attached hydrogens (tertiary/aromatic N) is 1. The highest BCUT2D eigenvalue weighted by molar-refractivity contribution is 7.92. The molecule has 2 aromatic carbocycles. The van der Waals surface area contributed by atoms with Crippen LogP contribution in [0.3, 0.4) is 0 Å². The Balaban J connectivity index is 1.80. The predicted molar refractivity (Wildman–Crippen MR) is 134 cm³/mol. The second kappa shape index (κ2) is 9.46. The number of hydrogen-bond donors (Lipinski definition) is 1. The Morgan fingerprint density at radius 1 is 1.13 bits per heavy atom. The summed E-state index contributed by atoms with van der Waals surface area (Å²) in [5.74, 6) is -1.53. The smallest absolute Gasteiger partial charge is 0.486 e. The Bertz CT molecular complexity index is 1330. The third kappa shape index (κ3) is 5.23. The van der Waals surface area contributed by atoms with Crippen LogP contribution in [0, 0.1) is 5.92 Å². The lowest BCUT2D eigenvalue weighted by molar-refractivity contribution is -0.139. The number of sulfonamides is 1. The van der Waals surface area contributed by atoms with E-state index in [9.17, 15) is 31.5 Å². The van der Waals surface area contributed by atoms with E-state index >= 15 is 0 Å². The van der Waals surface area contributed by atoms with Gasteiger partial charge in [-0.3, -0.25) is 9.10 Å². The standard InChI is InChI=1S/C25H29BF3NO7S/c1-15(11-22(31)32)21-14-30(38(33,34)18-8-6-7-16(12-18)25(27,28)29)19-13-17(9-10-20(19)35-21)26-36-23(2,3)24(4,5)37-26/h6-10,12-13,15,21H,11,14H2,1-5H3,(H,31,32). The van der Waals surface area contributed by atoms with E-state index in [2.05, 4.69) is 0 Å². The molecule has 0 spiro atoms. The Labute approximate surface area is 219 Å². The average Bonchev–Trinajstić information content (AvgIpc) is 3.03. The summed E-state index contributed by atoms with van der Waals surface area (Å²) in [7, 11) is -5.34. The second-order valence-corrected chi connectivity index (χ2v) is 12.5. The van der Waals surface area contributed by atoms with E-state index in [-0.39, 0.29) is 24.4 Å². The van der Waals surface area contributed by atoms with Gasteiger partial charge >= 0.3 is 19.3 Å². The summed E-state index contributed by atoms with van der Waals surface area (Å²) in [6, 6.07) is 8.19. The first kappa shape index (κ1) is 28.2. The Hall–Kier alpha value is -2.77. The molecule has 2 unspecified atom stereocenters. The molecule has 2 aromatic rings. The van der Waals surface area contributed by atoms with Crippen molar-refractivity contribution in [2.24, 2.45) is 5.92 Å². The van der Waals surface area contributed by atoms with Crippen molar-refractivity contribution in [3.63, 3.8) is 0 Å². The molecular weight excluding hydrogens is 526 g/mol. The van der Waals surface area contributed by atoms with Gasteiger partial charge in [-0.1, -0.05) is 19.1 Å². The molecule has 0 saturated carbocycles. The fraction of sp³-hybridized carbons (Fsp3) is 0.480. The van der Waals surface area contributed by atoms with E-state index in [0.29, 0.717) is 11.5 Å². The number of alkyl halides is 3. The van der Waals surface area contributed by atoms with Gasteiger partial charge in [-0.05, 0) is 63.5 Å². The van der Waals surface area contributed by atoms with Crippen LogP contribution in [-0.4, -0.2) is 50.5 Å². The van der Waals surface area contributed by atoms with E-state index in [0.717, 1.165) is 22.5 Å². The van der Waals surface area contributed by atoms with Gasteiger partial charge in [0.2, 0.25) is 0 Å². The number of fused-ring (bicyclic) bond motifs is 1. The fourth-order valence-corrected chi connectivity index (χ4v) is 5.83. The molecule has 0 amide bonds. The first-order valence-electron chi connectivity index (χ1n) is 12.0. The van der Waals surface area contributed by atoms with Crippen LogP contribution < -0.4 is 14.5 Å². The van der Waals surface area contributed by atoms with Crippen LogP contribution in [0.2, 0.25) is 0 Å². The molecule has 2 heterocycles. The average molecular weight is 555 g/mol. The van der Waals surface area contributed by atoms with E-state index in [1.165, 1.54) is 12.1 Å². The number of halogens is 3. The highest BCUT2D eigenvalue weighted by Crippen LogP contribution is 2.41. The van der Waals surface area contributed by atoms with Gasteiger partial charge in [-0.2, -0.15) is 13.2 Å².